The molecule has 0 aliphatic rings. The molecule has 0 radical (unpaired) electrons. The highest BCUT2D eigenvalue weighted by Gasteiger charge is 2.17. The van der Waals surface area contributed by atoms with Crippen LogP contribution in [-0.2, 0) is 21.4 Å². The van der Waals surface area contributed by atoms with Crippen LogP contribution in [0.15, 0.2) is 47.5 Å². The molecule has 0 bridgehead atoms. The van der Waals surface area contributed by atoms with Crippen LogP contribution in [0.3, 0.4) is 0 Å². The van der Waals surface area contributed by atoms with Crippen molar-refractivity contribution in [3.8, 4) is 0 Å². The van der Waals surface area contributed by atoms with Gasteiger partial charge in [-0.3, -0.25) is 4.79 Å². The van der Waals surface area contributed by atoms with Crippen LogP contribution in [0.4, 0.5) is 5.82 Å². The first-order chi connectivity index (χ1) is 13.4. The number of nitrogens with zero attached hydrogens (tertiary/aromatic N) is 2. The number of sulfonamides is 1. The molecule has 0 aliphatic heterocycles. The van der Waals surface area contributed by atoms with Gasteiger partial charge in [0.1, 0.15) is 10.7 Å². The molecule has 0 aliphatic carbocycles. The van der Waals surface area contributed by atoms with E-state index < -0.39 is 10.0 Å². The Kier molecular flexibility index (Phi) is 8.22. The van der Waals surface area contributed by atoms with Gasteiger partial charge in [0.2, 0.25) is 15.9 Å². The molecular weight excluding hydrogens is 400 g/mol. The van der Waals surface area contributed by atoms with E-state index in [1.807, 2.05) is 12.1 Å². The number of nitrogens with one attached hydrogen (secondary N) is 2. The maximum absolute atomic E-state index is 12.2. The van der Waals surface area contributed by atoms with Crippen molar-refractivity contribution in [2.24, 2.45) is 0 Å². The van der Waals surface area contributed by atoms with Crippen molar-refractivity contribution in [3.05, 3.63) is 53.2 Å². The van der Waals surface area contributed by atoms with E-state index in [2.05, 4.69) is 33.8 Å². The number of rotatable bonds is 10. The van der Waals surface area contributed by atoms with Crippen molar-refractivity contribution in [3.63, 3.8) is 0 Å². The van der Waals surface area contributed by atoms with E-state index in [-0.39, 0.29) is 28.8 Å². The minimum absolute atomic E-state index is 0.00330. The van der Waals surface area contributed by atoms with E-state index >= 15 is 0 Å². The van der Waals surface area contributed by atoms with Gasteiger partial charge in [0.25, 0.3) is 0 Å². The van der Waals surface area contributed by atoms with Crippen LogP contribution in [0.1, 0.15) is 25.8 Å². The molecule has 1 heterocycles. The molecule has 7 nitrogen and oxygen atoms in total. The Morgan fingerprint density at radius 3 is 2.46 bits per heavy atom. The molecule has 0 unspecified atom stereocenters. The zero-order valence-electron chi connectivity index (χ0n) is 16.0. The van der Waals surface area contributed by atoms with Gasteiger partial charge < -0.3 is 10.2 Å². The molecule has 0 saturated carbocycles. The molecule has 0 fully saturated rings. The Labute approximate surface area is 171 Å². The van der Waals surface area contributed by atoms with Crippen LogP contribution in [-0.4, -0.2) is 38.9 Å². The molecule has 2 N–H and O–H groups in total. The Bertz CT molecular complexity index is 884. The fourth-order valence-corrected chi connectivity index (χ4v) is 4.13. The molecule has 28 heavy (non-hydrogen) atoms. The summed E-state index contributed by atoms with van der Waals surface area (Å²) in [6.07, 6.45) is 1.75. The predicted octanol–water partition coefficient (Wildman–Crippen LogP) is 2.57. The summed E-state index contributed by atoms with van der Waals surface area (Å²) in [6.45, 7) is 6.21. The fourth-order valence-electron chi connectivity index (χ4n) is 2.58. The topological polar surface area (TPSA) is 91.4 Å². The average Bonchev–Trinajstić information content (AvgIpc) is 2.68. The highest BCUT2D eigenvalue weighted by atomic mass is 35.5. The van der Waals surface area contributed by atoms with E-state index in [0.29, 0.717) is 6.54 Å². The summed E-state index contributed by atoms with van der Waals surface area (Å²) in [6, 6.07) is 10.0. The summed E-state index contributed by atoms with van der Waals surface area (Å²) in [7, 11) is -3.75. The second-order valence-electron chi connectivity index (χ2n) is 6.05. The van der Waals surface area contributed by atoms with Crippen molar-refractivity contribution in [2.75, 3.05) is 24.5 Å². The van der Waals surface area contributed by atoms with Gasteiger partial charge in [-0.15, -0.1) is 0 Å². The van der Waals surface area contributed by atoms with Gasteiger partial charge in [-0.25, -0.2) is 18.1 Å². The van der Waals surface area contributed by atoms with Gasteiger partial charge in [-0.2, -0.15) is 0 Å². The van der Waals surface area contributed by atoms with E-state index in [0.717, 1.165) is 24.5 Å². The highest BCUT2D eigenvalue weighted by molar-refractivity contribution is 7.89. The third-order valence-electron chi connectivity index (χ3n) is 4.16. The Balaban J connectivity index is 1.79. The quantitative estimate of drug-likeness (QED) is 0.611. The van der Waals surface area contributed by atoms with Crippen LogP contribution >= 0.6 is 11.6 Å². The normalized spacial score (nSPS) is 11.2. The highest BCUT2D eigenvalue weighted by Crippen LogP contribution is 2.19. The third kappa shape index (κ3) is 6.19. The molecular formula is C19H25ClN4O3S. The van der Waals surface area contributed by atoms with Crippen LogP contribution in [0.5, 0.6) is 0 Å². The second kappa shape index (κ2) is 10.4. The van der Waals surface area contributed by atoms with Gasteiger partial charge in [0.05, 0.1) is 5.02 Å². The number of amides is 1. The van der Waals surface area contributed by atoms with Gasteiger partial charge in [-0.1, -0.05) is 29.8 Å². The van der Waals surface area contributed by atoms with Gasteiger partial charge in [0, 0.05) is 38.8 Å². The molecule has 0 spiro atoms. The number of aromatic nitrogens is 1. The fraction of sp³-hybridized carbons (Fsp3) is 0.368. The van der Waals surface area contributed by atoms with Crippen LogP contribution in [0.25, 0.3) is 0 Å². The molecule has 152 valence electrons. The van der Waals surface area contributed by atoms with Crippen molar-refractivity contribution in [2.45, 2.75) is 31.7 Å². The smallest absolute Gasteiger partial charge is 0.242 e. The first-order valence-corrected chi connectivity index (χ1v) is 10.9. The maximum Gasteiger partial charge on any atom is 0.242 e. The van der Waals surface area contributed by atoms with Crippen LogP contribution < -0.4 is 14.9 Å². The lowest BCUT2D eigenvalue weighted by atomic mass is 10.2. The number of halogens is 1. The first-order valence-electron chi connectivity index (χ1n) is 9.08. The lowest BCUT2D eigenvalue weighted by Gasteiger charge is -2.19. The standard InChI is InChI=1S/C19H25ClN4O3S/c1-3-24(4-2)18-10-9-15(13-21-18)14-22-19(25)11-12-23-28(26,27)17-8-6-5-7-16(17)20/h5-10,13,23H,3-4,11-12,14H2,1-2H3,(H,22,25). The number of pyridine rings is 1. The summed E-state index contributed by atoms with van der Waals surface area (Å²) in [5.41, 5.74) is 0.876. The van der Waals surface area contributed by atoms with E-state index in [1.165, 1.54) is 12.1 Å². The molecule has 1 amide bonds. The summed E-state index contributed by atoms with van der Waals surface area (Å²) < 4.78 is 26.8. The Hall–Kier alpha value is -2.16. The van der Waals surface area contributed by atoms with E-state index in [1.54, 1.807) is 18.3 Å². The molecule has 1 aromatic carbocycles. The molecule has 0 atom stereocenters. The number of carbonyl (C=O) groups excluding carboxylic acids is 1. The SMILES string of the molecule is CCN(CC)c1ccc(CNC(=O)CCNS(=O)(=O)c2ccccc2Cl)cn1. The van der Waals surface area contributed by atoms with E-state index in [4.69, 9.17) is 11.6 Å². The first kappa shape index (κ1) is 22.1. The number of hydrogen-bond donors (Lipinski definition) is 2. The van der Waals surface area contributed by atoms with Crippen molar-refractivity contribution in [1.82, 2.24) is 15.0 Å². The summed E-state index contributed by atoms with van der Waals surface area (Å²) in [5.74, 6) is 0.642. The number of benzene rings is 1. The second-order valence-corrected chi connectivity index (χ2v) is 8.19. The van der Waals surface area contributed by atoms with Crippen LogP contribution in [0, 0.1) is 0 Å². The van der Waals surface area contributed by atoms with Gasteiger partial charge in [0.15, 0.2) is 0 Å². The summed E-state index contributed by atoms with van der Waals surface area (Å²) >= 11 is 5.91. The van der Waals surface area contributed by atoms with Crippen molar-refractivity contribution < 1.29 is 13.2 Å². The number of hydrogen-bond acceptors (Lipinski definition) is 5. The van der Waals surface area contributed by atoms with Gasteiger partial charge in [-0.05, 0) is 37.6 Å². The Morgan fingerprint density at radius 1 is 1.14 bits per heavy atom. The predicted molar refractivity (Wildman–Crippen MR) is 111 cm³/mol. The molecule has 0 saturated heterocycles. The maximum atomic E-state index is 12.2. The minimum atomic E-state index is -3.75. The monoisotopic (exact) mass is 424 g/mol. The third-order valence-corrected chi connectivity index (χ3v) is 6.12. The lowest BCUT2D eigenvalue weighted by Crippen LogP contribution is -2.30. The van der Waals surface area contributed by atoms with Crippen molar-refractivity contribution in [1.29, 1.82) is 0 Å². The summed E-state index contributed by atoms with van der Waals surface area (Å²) in [5, 5.41) is 2.90. The minimum Gasteiger partial charge on any atom is -0.357 e. The number of anilines is 1. The lowest BCUT2D eigenvalue weighted by molar-refractivity contribution is -0.121. The number of carbonyl (C=O) groups is 1. The zero-order chi connectivity index (χ0) is 20.6. The van der Waals surface area contributed by atoms with E-state index in [9.17, 15) is 13.2 Å². The molecule has 2 aromatic rings. The average molecular weight is 425 g/mol. The van der Waals surface area contributed by atoms with Crippen LogP contribution in [0.2, 0.25) is 5.02 Å². The summed E-state index contributed by atoms with van der Waals surface area (Å²) in [4.78, 5) is 18.5. The largest absolute Gasteiger partial charge is 0.357 e. The molecule has 2 rings (SSSR count). The Morgan fingerprint density at radius 2 is 1.86 bits per heavy atom. The molecule has 9 heteroatoms. The van der Waals surface area contributed by atoms with Gasteiger partial charge >= 0.3 is 0 Å². The molecule has 1 aromatic heterocycles. The zero-order valence-corrected chi connectivity index (χ0v) is 17.6. The van der Waals surface area contributed by atoms with Crippen molar-refractivity contribution >= 4 is 33.3 Å².